The van der Waals surface area contributed by atoms with E-state index in [4.69, 9.17) is 0 Å². The van der Waals surface area contributed by atoms with Crippen LogP contribution in [-0.4, -0.2) is 41.0 Å². The smallest absolute Gasteiger partial charge is 0.317 e. The van der Waals surface area contributed by atoms with Crippen molar-refractivity contribution >= 4 is 28.4 Å². The van der Waals surface area contributed by atoms with E-state index in [9.17, 15) is 9.59 Å². The number of nitrogens with zero attached hydrogens (tertiary/aromatic N) is 2. The van der Waals surface area contributed by atoms with E-state index >= 15 is 0 Å². The first kappa shape index (κ1) is 15.8. The van der Waals surface area contributed by atoms with E-state index in [1.165, 1.54) is 11.3 Å². The molecule has 2 rings (SSSR count). The highest BCUT2D eigenvalue weighted by Gasteiger charge is 2.29. The number of aromatic nitrogens is 1. The molecular weight excluding hydrogens is 288 g/mol. The summed E-state index contributed by atoms with van der Waals surface area (Å²) in [5.41, 5.74) is 0. The lowest BCUT2D eigenvalue weighted by molar-refractivity contribution is -0.121. The predicted octanol–water partition coefficient (Wildman–Crippen LogP) is 2.22. The first-order chi connectivity index (χ1) is 9.95. The van der Waals surface area contributed by atoms with Crippen molar-refractivity contribution < 1.29 is 9.59 Å². The number of amides is 3. The Balaban J connectivity index is 1.91. The fourth-order valence-electron chi connectivity index (χ4n) is 2.33. The van der Waals surface area contributed by atoms with E-state index in [1.807, 2.05) is 20.8 Å². The standard InChI is InChI=1S/C14H22N4O2S/c1-9(2)16-14(20)18-6-4-5-11(8-18)12(19)17-13-15-7-10(3)21-13/h7,9,11H,4-6,8H2,1-3H3,(H,16,20)(H,15,17,19). The van der Waals surface area contributed by atoms with Gasteiger partial charge in [-0.05, 0) is 33.6 Å². The fraction of sp³-hybridized carbons (Fsp3) is 0.643. The zero-order valence-corrected chi connectivity index (χ0v) is 13.5. The van der Waals surface area contributed by atoms with Gasteiger partial charge in [-0.2, -0.15) is 0 Å². The van der Waals surface area contributed by atoms with Gasteiger partial charge in [0.2, 0.25) is 5.91 Å². The molecule has 0 aliphatic carbocycles. The molecule has 1 saturated heterocycles. The molecule has 0 spiro atoms. The summed E-state index contributed by atoms with van der Waals surface area (Å²) >= 11 is 1.46. The van der Waals surface area contributed by atoms with Crippen LogP contribution in [0.2, 0.25) is 0 Å². The summed E-state index contributed by atoms with van der Waals surface area (Å²) in [7, 11) is 0. The maximum atomic E-state index is 12.3. The number of thiazole rings is 1. The Morgan fingerprint density at radius 1 is 1.48 bits per heavy atom. The van der Waals surface area contributed by atoms with Crippen molar-refractivity contribution in [2.45, 2.75) is 39.7 Å². The van der Waals surface area contributed by atoms with E-state index < -0.39 is 0 Å². The van der Waals surface area contributed by atoms with Crippen molar-refractivity contribution in [3.8, 4) is 0 Å². The molecule has 2 N–H and O–H groups in total. The van der Waals surface area contributed by atoms with Crippen LogP contribution >= 0.6 is 11.3 Å². The maximum absolute atomic E-state index is 12.3. The number of anilines is 1. The molecule has 116 valence electrons. The van der Waals surface area contributed by atoms with Crippen LogP contribution in [0.4, 0.5) is 9.93 Å². The van der Waals surface area contributed by atoms with Gasteiger partial charge in [0, 0.05) is 30.2 Å². The zero-order chi connectivity index (χ0) is 15.4. The van der Waals surface area contributed by atoms with Crippen LogP contribution in [0.5, 0.6) is 0 Å². The molecule has 1 aliphatic heterocycles. The summed E-state index contributed by atoms with van der Waals surface area (Å²) < 4.78 is 0. The first-order valence-electron chi connectivity index (χ1n) is 7.24. The summed E-state index contributed by atoms with van der Waals surface area (Å²) in [6.07, 6.45) is 3.39. The van der Waals surface area contributed by atoms with Crippen LogP contribution in [0.15, 0.2) is 6.20 Å². The van der Waals surface area contributed by atoms with Crippen molar-refractivity contribution in [1.82, 2.24) is 15.2 Å². The van der Waals surface area contributed by atoms with E-state index in [-0.39, 0.29) is 23.9 Å². The molecule has 0 saturated carbocycles. The molecule has 7 heteroatoms. The minimum absolute atomic E-state index is 0.0496. The third kappa shape index (κ3) is 4.42. The van der Waals surface area contributed by atoms with Crippen LogP contribution in [0.25, 0.3) is 0 Å². The number of carbonyl (C=O) groups excluding carboxylic acids is 2. The second kappa shape index (κ2) is 6.89. The Kier molecular flexibility index (Phi) is 5.17. The minimum Gasteiger partial charge on any atom is -0.336 e. The zero-order valence-electron chi connectivity index (χ0n) is 12.7. The molecule has 21 heavy (non-hydrogen) atoms. The van der Waals surface area contributed by atoms with E-state index in [0.29, 0.717) is 18.2 Å². The Morgan fingerprint density at radius 2 is 2.24 bits per heavy atom. The number of carbonyl (C=O) groups is 2. The first-order valence-corrected chi connectivity index (χ1v) is 8.06. The van der Waals surface area contributed by atoms with Gasteiger partial charge in [-0.25, -0.2) is 9.78 Å². The van der Waals surface area contributed by atoms with Crippen molar-refractivity contribution in [3.05, 3.63) is 11.1 Å². The molecular formula is C14H22N4O2S. The Morgan fingerprint density at radius 3 is 2.86 bits per heavy atom. The van der Waals surface area contributed by atoms with Crippen LogP contribution < -0.4 is 10.6 Å². The Hall–Kier alpha value is -1.63. The third-order valence-electron chi connectivity index (χ3n) is 3.34. The number of hydrogen-bond donors (Lipinski definition) is 2. The number of nitrogens with one attached hydrogen (secondary N) is 2. The largest absolute Gasteiger partial charge is 0.336 e. The average molecular weight is 310 g/mol. The molecule has 1 aromatic heterocycles. The lowest BCUT2D eigenvalue weighted by Crippen LogP contribution is -2.49. The van der Waals surface area contributed by atoms with Crippen molar-refractivity contribution in [3.63, 3.8) is 0 Å². The van der Waals surface area contributed by atoms with Crippen molar-refractivity contribution in [2.24, 2.45) is 5.92 Å². The molecule has 0 bridgehead atoms. The molecule has 1 fully saturated rings. The van der Waals surface area contributed by atoms with Crippen molar-refractivity contribution in [2.75, 3.05) is 18.4 Å². The second-order valence-corrected chi connectivity index (χ2v) is 6.89. The summed E-state index contributed by atoms with van der Waals surface area (Å²) in [6.45, 7) is 6.98. The minimum atomic E-state index is -0.166. The van der Waals surface area contributed by atoms with Crippen LogP contribution in [-0.2, 0) is 4.79 Å². The van der Waals surface area contributed by atoms with Gasteiger partial charge >= 0.3 is 6.03 Å². The van der Waals surface area contributed by atoms with Crippen molar-refractivity contribution in [1.29, 1.82) is 0 Å². The highest BCUT2D eigenvalue weighted by molar-refractivity contribution is 7.15. The molecule has 0 radical (unpaired) electrons. The van der Waals surface area contributed by atoms with Gasteiger partial charge in [-0.3, -0.25) is 4.79 Å². The second-order valence-electron chi connectivity index (χ2n) is 5.65. The topological polar surface area (TPSA) is 74.3 Å². The van der Waals surface area contributed by atoms with Gasteiger partial charge in [0.15, 0.2) is 5.13 Å². The van der Waals surface area contributed by atoms with Crippen LogP contribution in [0.3, 0.4) is 0 Å². The average Bonchev–Trinajstić information content (AvgIpc) is 2.83. The highest BCUT2D eigenvalue weighted by atomic mass is 32.1. The van der Waals surface area contributed by atoms with Gasteiger partial charge in [0.1, 0.15) is 0 Å². The molecule has 1 atom stereocenters. The molecule has 0 aromatic carbocycles. The lowest BCUT2D eigenvalue weighted by atomic mass is 9.97. The van der Waals surface area contributed by atoms with E-state index in [2.05, 4.69) is 15.6 Å². The molecule has 6 nitrogen and oxygen atoms in total. The molecule has 1 aliphatic rings. The monoisotopic (exact) mass is 310 g/mol. The summed E-state index contributed by atoms with van der Waals surface area (Å²) in [5.74, 6) is -0.215. The Labute approximate surface area is 128 Å². The van der Waals surface area contributed by atoms with Gasteiger partial charge in [-0.15, -0.1) is 11.3 Å². The number of urea groups is 1. The SMILES string of the molecule is Cc1cnc(NC(=O)C2CCCN(C(=O)NC(C)C)C2)s1. The lowest BCUT2D eigenvalue weighted by Gasteiger charge is -2.32. The number of piperidine rings is 1. The predicted molar refractivity (Wildman–Crippen MR) is 83.4 cm³/mol. The van der Waals surface area contributed by atoms with Gasteiger partial charge in [0.25, 0.3) is 0 Å². The van der Waals surface area contributed by atoms with Gasteiger partial charge in [-0.1, -0.05) is 0 Å². The van der Waals surface area contributed by atoms with E-state index in [1.54, 1.807) is 11.1 Å². The van der Waals surface area contributed by atoms with Crippen LogP contribution in [0, 0.1) is 12.8 Å². The van der Waals surface area contributed by atoms with Crippen LogP contribution in [0.1, 0.15) is 31.6 Å². The van der Waals surface area contributed by atoms with E-state index in [0.717, 1.165) is 17.7 Å². The molecule has 1 aromatic rings. The molecule has 1 unspecified atom stereocenters. The quantitative estimate of drug-likeness (QED) is 0.899. The Bertz CT molecular complexity index is 515. The van der Waals surface area contributed by atoms with Gasteiger partial charge in [0.05, 0.1) is 5.92 Å². The summed E-state index contributed by atoms with van der Waals surface area (Å²) in [5, 5.41) is 6.34. The van der Waals surface area contributed by atoms with Gasteiger partial charge < -0.3 is 15.5 Å². The number of likely N-dealkylation sites (tertiary alicyclic amines) is 1. The highest BCUT2D eigenvalue weighted by Crippen LogP contribution is 2.21. The number of rotatable bonds is 3. The third-order valence-corrected chi connectivity index (χ3v) is 4.17. The summed E-state index contributed by atoms with van der Waals surface area (Å²) in [4.78, 5) is 31.2. The molecule has 2 heterocycles. The fourth-order valence-corrected chi connectivity index (χ4v) is 3.00. The normalized spacial score (nSPS) is 18.7. The molecule has 3 amide bonds. The number of hydrogen-bond acceptors (Lipinski definition) is 4. The maximum Gasteiger partial charge on any atom is 0.317 e. The number of aryl methyl sites for hydroxylation is 1. The summed E-state index contributed by atoms with van der Waals surface area (Å²) in [6, 6.07) is 0.0117.